The predicted molar refractivity (Wildman–Crippen MR) is 72.4 cm³/mol. The van der Waals surface area contributed by atoms with Gasteiger partial charge in [0.05, 0.1) is 6.10 Å². The van der Waals surface area contributed by atoms with Gasteiger partial charge in [-0.2, -0.15) is 0 Å². The largest absolute Gasteiger partial charge is 0.486 e. The highest BCUT2D eigenvalue weighted by Gasteiger charge is 2.28. The van der Waals surface area contributed by atoms with Crippen molar-refractivity contribution in [3.63, 3.8) is 0 Å². The Kier molecular flexibility index (Phi) is 3.75. The van der Waals surface area contributed by atoms with E-state index in [1.54, 1.807) is 18.2 Å². The monoisotopic (exact) mass is 292 g/mol. The summed E-state index contributed by atoms with van der Waals surface area (Å²) in [5, 5.41) is 10.2. The van der Waals surface area contributed by atoms with Crippen molar-refractivity contribution in [2.24, 2.45) is 0 Å². The summed E-state index contributed by atoms with van der Waals surface area (Å²) >= 11 is 0. The lowest BCUT2D eigenvalue weighted by molar-refractivity contribution is -0.00978. The summed E-state index contributed by atoms with van der Waals surface area (Å²) in [6.07, 6.45) is -1.66. The number of benzene rings is 2. The van der Waals surface area contributed by atoms with E-state index in [0.29, 0.717) is 11.5 Å². The summed E-state index contributed by atoms with van der Waals surface area (Å²) < 4.78 is 37.9. The summed E-state index contributed by atoms with van der Waals surface area (Å²) in [5.74, 6) is -0.718. The maximum absolute atomic E-state index is 13.6. The van der Waals surface area contributed by atoms with E-state index in [1.165, 1.54) is 12.1 Å². The van der Waals surface area contributed by atoms with Crippen LogP contribution < -0.4 is 9.47 Å². The zero-order chi connectivity index (χ0) is 14.8. The molecule has 1 aliphatic heterocycles. The number of aliphatic hydroxyl groups is 1. The molecule has 0 radical (unpaired) electrons. The molecule has 2 aromatic carbocycles. The van der Waals surface area contributed by atoms with Gasteiger partial charge in [-0.05, 0) is 23.8 Å². The summed E-state index contributed by atoms with van der Waals surface area (Å²) in [7, 11) is 0. The molecule has 21 heavy (non-hydrogen) atoms. The highest BCUT2D eigenvalue weighted by Crippen LogP contribution is 2.32. The Balaban J connectivity index is 1.72. The smallest absolute Gasteiger partial charge is 0.162 e. The highest BCUT2D eigenvalue weighted by molar-refractivity contribution is 5.40. The van der Waals surface area contributed by atoms with Gasteiger partial charge in [0.25, 0.3) is 0 Å². The minimum atomic E-state index is -0.991. The molecule has 1 N–H and O–H groups in total. The second-order valence-corrected chi connectivity index (χ2v) is 4.90. The number of para-hydroxylation sites is 2. The first-order valence-electron chi connectivity index (χ1n) is 6.64. The second-order valence-electron chi connectivity index (χ2n) is 4.90. The van der Waals surface area contributed by atoms with Gasteiger partial charge >= 0.3 is 0 Å². The Bertz CT molecular complexity index is 645. The van der Waals surface area contributed by atoms with Crippen LogP contribution in [-0.2, 0) is 6.42 Å². The molecule has 0 saturated heterocycles. The summed E-state index contributed by atoms with van der Waals surface area (Å²) in [6, 6.07) is 11.0. The van der Waals surface area contributed by atoms with Crippen LogP contribution in [0.5, 0.6) is 11.5 Å². The molecular formula is C16H14F2O3. The molecule has 2 atom stereocenters. The van der Waals surface area contributed by atoms with Crippen LogP contribution in [0.2, 0.25) is 0 Å². The molecular weight excluding hydrogens is 278 g/mol. The molecule has 110 valence electrons. The molecule has 3 nitrogen and oxygen atoms in total. The fourth-order valence-corrected chi connectivity index (χ4v) is 2.29. The van der Waals surface area contributed by atoms with E-state index in [0.717, 1.165) is 6.07 Å². The molecule has 3 rings (SSSR count). The lowest BCUT2D eigenvalue weighted by atomic mass is 10.0. The summed E-state index contributed by atoms with van der Waals surface area (Å²) in [4.78, 5) is 0. The lowest BCUT2D eigenvalue weighted by Gasteiger charge is -2.29. The topological polar surface area (TPSA) is 38.7 Å². The molecule has 0 bridgehead atoms. The molecule has 0 aliphatic carbocycles. The fourth-order valence-electron chi connectivity index (χ4n) is 2.29. The van der Waals surface area contributed by atoms with Crippen LogP contribution in [0, 0.1) is 11.6 Å². The van der Waals surface area contributed by atoms with Gasteiger partial charge in [-0.25, -0.2) is 8.78 Å². The van der Waals surface area contributed by atoms with Crippen LogP contribution in [-0.4, -0.2) is 23.9 Å². The maximum atomic E-state index is 13.6. The number of fused-ring (bicyclic) bond motifs is 1. The van der Waals surface area contributed by atoms with E-state index >= 15 is 0 Å². The first-order chi connectivity index (χ1) is 10.1. The number of hydrogen-bond acceptors (Lipinski definition) is 3. The first-order valence-corrected chi connectivity index (χ1v) is 6.64. The summed E-state index contributed by atoms with van der Waals surface area (Å²) in [6.45, 7) is 0.162. The van der Waals surface area contributed by atoms with Crippen molar-refractivity contribution in [2.75, 3.05) is 6.61 Å². The van der Waals surface area contributed by atoms with Gasteiger partial charge in [0.1, 0.15) is 6.61 Å². The molecule has 1 aliphatic rings. The normalized spacial score (nSPS) is 18.3. The Morgan fingerprint density at radius 1 is 1.10 bits per heavy atom. The molecule has 2 unspecified atom stereocenters. The van der Waals surface area contributed by atoms with Gasteiger partial charge in [0, 0.05) is 6.42 Å². The SMILES string of the molecule is OC(Cc1cccc(F)c1F)C1COc2ccccc2O1. The number of ether oxygens (including phenoxy) is 2. The van der Waals surface area contributed by atoms with Crippen molar-refractivity contribution in [2.45, 2.75) is 18.6 Å². The Morgan fingerprint density at radius 3 is 2.67 bits per heavy atom. The van der Waals surface area contributed by atoms with Crippen LogP contribution >= 0.6 is 0 Å². The van der Waals surface area contributed by atoms with Crippen molar-refractivity contribution in [1.82, 2.24) is 0 Å². The van der Waals surface area contributed by atoms with Crippen LogP contribution in [0.1, 0.15) is 5.56 Å². The van der Waals surface area contributed by atoms with Gasteiger partial charge < -0.3 is 14.6 Å². The molecule has 0 spiro atoms. The Labute approximate surface area is 120 Å². The molecule has 0 aromatic heterocycles. The Morgan fingerprint density at radius 2 is 1.86 bits per heavy atom. The highest BCUT2D eigenvalue weighted by atomic mass is 19.2. The average Bonchev–Trinajstić information content (AvgIpc) is 2.51. The Hall–Kier alpha value is -2.14. The van der Waals surface area contributed by atoms with Crippen LogP contribution in [0.25, 0.3) is 0 Å². The molecule has 1 heterocycles. The van der Waals surface area contributed by atoms with Crippen molar-refractivity contribution in [3.8, 4) is 11.5 Å². The van der Waals surface area contributed by atoms with Gasteiger partial charge in [-0.1, -0.05) is 24.3 Å². The fraction of sp³-hybridized carbons (Fsp3) is 0.250. The predicted octanol–water partition coefficient (Wildman–Crippen LogP) is 2.71. The maximum Gasteiger partial charge on any atom is 0.162 e. The van der Waals surface area contributed by atoms with E-state index in [4.69, 9.17) is 9.47 Å². The number of halogens is 2. The zero-order valence-corrected chi connectivity index (χ0v) is 11.1. The lowest BCUT2D eigenvalue weighted by Crippen LogP contribution is -2.41. The molecule has 2 aromatic rings. The third-order valence-corrected chi connectivity index (χ3v) is 3.42. The van der Waals surface area contributed by atoms with E-state index in [-0.39, 0.29) is 18.6 Å². The number of hydrogen-bond donors (Lipinski definition) is 1. The third-order valence-electron chi connectivity index (χ3n) is 3.42. The number of rotatable bonds is 3. The van der Waals surface area contributed by atoms with E-state index < -0.39 is 23.8 Å². The molecule has 0 amide bonds. The van der Waals surface area contributed by atoms with Crippen molar-refractivity contribution >= 4 is 0 Å². The minimum absolute atomic E-state index is 0.0419. The minimum Gasteiger partial charge on any atom is -0.486 e. The van der Waals surface area contributed by atoms with Gasteiger partial charge in [-0.3, -0.25) is 0 Å². The average molecular weight is 292 g/mol. The summed E-state index contributed by atoms with van der Waals surface area (Å²) in [5.41, 5.74) is 0.116. The van der Waals surface area contributed by atoms with Crippen molar-refractivity contribution in [1.29, 1.82) is 0 Å². The molecule has 0 fully saturated rings. The zero-order valence-electron chi connectivity index (χ0n) is 11.1. The van der Waals surface area contributed by atoms with Crippen molar-refractivity contribution < 1.29 is 23.4 Å². The van der Waals surface area contributed by atoms with Crippen molar-refractivity contribution in [3.05, 3.63) is 59.7 Å². The van der Waals surface area contributed by atoms with E-state index in [2.05, 4.69) is 0 Å². The second kappa shape index (κ2) is 5.69. The number of aliphatic hydroxyl groups excluding tert-OH is 1. The standard InChI is InChI=1S/C16H14F2O3/c17-11-5-3-4-10(16(11)18)8-12(19)15-9-20-13-6-1-2-7-14(13)21-15/h1-7,12,15,19H,8-9H2. The molecule has 0 saturated carbocycles. The molecule has 5 heteroatoms. The van der Waals surface area contributed by atoms with Crippen LogP contribution in [0.4, 0.5) is 8.78 Å². The van der Waals surface area contributed by atoms with Gasteiger partial charge in [0.15, 0.2) is 29.2 Å². The van der Waals surface area contributed by atoms with Crippen LogP contribution in [0.3, 0.4) is 0 Å². The quantitative estimate of drug-likeness (QED) is 0.945. The third kappa shape index (κ3) is 2.83. The van der Waals surface area contributed by atoms with Gasteiger partial charge in [-0.15, -0.1) is 0 Å². The van der Waals surface area contributed by atoms with E-state index in [1.807, 2.05) is 6.07 Å². The first kappa shape index (κ1) is 13.8. The van der Waals surface area contributed by atoms with Gasteiger partial charge in [0.2, 0.25) is 0 Å². The van der Waals surface area contributed by atoms with Crippen LogP contribution in [0.15, 0.2) is 42.5 Å². The van der Waals surface area contributed by atoms with E-state index in [9.17, 15) is 13.9 Å².